The number of hydrogen-bond donors (Lipinski definition) is 6. The number of anilines is 3. The fourth-order valence-corrected chi connectivity index (χ4v) is 8.52. The van der Waals surface area contributed by atoms with E-state index in [1.165, 1.54) is 11.8 Å². The zero-order valence-corrected chi connectivity index (χ0v) is 38.7. The van der Waals surface area contributed by atoms with Crippen LogP contribution in [0.4, 0.5) is 17.1 Å². The first-order valence-corrected chi connectivity index (χ1v) is 23.2. The molecule has 0 bridgehead atoms. The van der Waals surface area contributed by atoms with Crippen molar-refractivity contribution in [3.05, 3.63) is 89.1 Å². The van der Waals surface area contributed by atoms with E-state index in [1.807, 2.05) is 51.4 Å². The van der Waals surface area contributed by atoms with Gasteiger partial charge in [0.05, 0.1) is 40.2 Å². The highest BCUT2D eigenvalue weighted by Gasteiger charge is 2.44. The van der Waals surface area contributed by atoms with E-state index >= 15 is 0 Å². The Hall–Kier alpha value is -5.80. The number of rotatable bonds is 22. The molecule has 1 aliphatic heterocycles. The van der Waals surface area contributed by atoms with E-state index in [0.29, 0.717) is 41.4 Å². The minimum atomic E-state index is -0.877. The van der Waals surface area contributed by atoms with Crippen LogP contribution in [0.15, 0.2) is 72.2 Å². The summed E-state index contributed by atoms with van der Waals surface area (Å²) in [5.74, 6) is -0.763. The standard InChI is InChI=1S/C49H65N7O7S/c1-32-44(64-31-52-32)35-20-21-36(29-51-47(61)41-28-38(58)30-56(41)48(62)45(49(3,4)5)53-33(2)57)42(27-35)63-26-16-12-10-8-6-7-9-11-13-19-43(59)54-37-24-22-34(23-25-37)46(60)55-40-18-15-14-17-39(40)50/h14-15,17-18,20-25,27,31,38,41,45,58H,6-13,16,19,26,28-30,50H2,1-5H3,(H,51,61)(H,53,57)(H,54,59)(H,55,60)/t38-,41+,45+/m1/s1. The van der Waals surface area contributed by atoms with Crippen molar-refractivity contribution in [3.8, 4) is 16.2 Å². The summed E-state index contributed by atoms with van der Waals surface area (Å²) < 4.78 is 6.36. The molecule has 0 unspecified atom stereocenters. The molecule has 0 radical (unpaired) electrons. The summed E-state index contributed by atoms with van der Waals surface area (Å²) in [7, 11) is 0. The maximum Gasteiger partial charge on any atom is 0.255 e. The van der Waals surface area contributed by atoms with Crippen LogP contribution in [0.5, 0.6) is 5.75 Å². The Morgan fingerprint density at radius 3 is 2.22 bits per heavy atom. The van der Waals surface area contributed by atoms with Crippen LogP contribution in [0, 0.1) is 12.3 Å². The third-order valence-electron chi connectivity index (χ3n) is 11.3. The minimum absolute atomic E-state index is 0.0107. The van der Waals surface area contributed by atoms with E-state index in [1.54, 1.807) is 59.9 Å². The molecule has 3 aromatic carbocycles. The predicted octanol–water partition coefficient (Wildman–Crippen LogP) is 8.00. The molecule has 344 valence electrons. The molecular weight excluding hydrogens is 831 g/mol. The summed E-state index contributed by atoms with van der Waals surface area (Å²) in [5.41, 5.74) is 12.0. The van der Waals surface area contributed by atoms with Crippen molar-refractivity contribution in [1.29, 1.82) is 0 Å². The van der Waals surface area contributed by atoms with Gasteiger partial charge < -0.3 is 41.7 Å². The van der Waals surface area contributed by atoms with Gasteiger partial charge in [-0.3, -0.25) is 24.0 Å². The van der Waals surface area contributed by atoms with E-state index < -0.39 is 29.5 Å². The summed E-state index contributed by atoms with van der Waals surface area (Å²) >= 11 is 1.56. The van der Waals surface area contributed by atoms with Crippen LogP contribution in [-0.2, 0) is 25.7 Å². The Kier molecular flexibility index (Phi) is 18.3. The van der Waals surface area contributed by atoms with Crippen LogP contribution in [0.25, 0.3) is 10.4 Å². The lowest BCUT2D eigenvalue weighted by atomic mass is 9.85. The van der Waals surface area contributed by atoms with Crippen LogP contribution in [0.1, 0.15) is 120 Å². The average molecular weight is 896 g/mol. The summed E-state index contributed by atoms with van der Waals surface area (Å²) in [5, 5.41) is 22.0. The van der Waals surface area contributed by atoms with Gasteiger partial charge in [0.25, 0.3) is 5.91 Å². The maximum absolute atomic E-state index is 13.7. The molecule has 15 heteroatoms. The first-order chi connectivity index (χ1) is 30.6. The molecule has 1 saturated heterocycles. The molecule has 7 N–H and O–H groups in total. The molecule has 1 aliphatic rings. The summed E-state index contributed by atoms with van der Waals surface area (Å²) in [6.07, 6.45) is 8.95. The van der Waals surface area contributed by atoms with Crippen LogP contribution in [0.2, 0.25) is 0 Å². The van der Waals surface area contributed by atoms with Crippen molar-refractivity contribution < 1.29 is 33.8 Å². The first kappa shape index (κ1) is 49.2. The van der Waals surface area contributed by atoms with Crippen molar-refractivity contribution in [3.63, 3.8) is 0 Å². The zero-order chi connectivity index (χ0) is 46.2. The molecule has 64 heavy (non-hydrogen) atoms. The molecule has 5 amide bonds. The fourth-order valence-electron chi connectivity index (χ4n) is 7.72. The number of benzene rings is 3. The number of unbranched alkanes of at least 4 members (excludes halogenated alkanes) is 8. The van der Waals surface area contributed by atoms with Crippen molar-refractivity contribution in [2.45, 2.75) is 130 Å². The monoisotopic (exact) mass is 895 g/mol. The number of thiazole rings is 1. The number of nitrogens with one attached hydrogen (secondary N) is 4. The molecule has 0 spiro atoms. The number of β-amino-alcohol motifs (C(OH)–C–C–N with tert-alkyl or cyclic N) is 1. The van der Waals surface area contributed by atoms with E-state index in [-0.39, 0.29) is 43.1 Å². The van der Waals surface area contributed by atoms with Gasteiger partial charge in [0.1, 0.15) is 17.8 Å². The first-order valence-electron chi connectivity index (χ1n) is 22.4. The molecule has 0 saturated carbocycles. The van der Waals surface area contributed by atoms with E-state index in [9.17, 15) is 29.1 Å². The second-order valence-corrected chi connectivity index (χ2v) is 18.5. The molecule has 2 heterocycles. The van der Waals surface area contributed by atoms with Gasteiger partial charge in [-0.15, -0.1) is 11.3 Å². The fraction of sp³-hybridized carbons (Fsp3) is 0.469. The van der Waals surface area contributed by atoms with Gasteiger partial charge in [-0.05, 0) is 73.2 Å². The third-order valence-corrected chi connectivity index (χ3v) is 12.3. The molecule has 3 atom stereocenters. The van der Waals surface area contributed by atoms with Crippen LogP contribution >= 0.6 is 11.3 Å². The van der Waals surface area contributed by atoms with Gasteiger partial charge in [-0.25, -0.2) is 4.98 Å². The smallest absolute Gasteiger partial charge is 0.255 e. The quantitative estimate of drug-likeness (QED) is 0.0334. The number of aliphatic hydroxyl groups is 1. The van der Waals surface area contributed by atoms with E-state index in [4.69, 9.17) is 10.5 Å². The van der Waals surface area contributed by atoms with Gasteiger partial charge in [-0.1, -0.05) is 90.0 Å². The Labute approximate surface area is 381 Å². The number of aliphatic hydroxyl groups excluding tert-OH is 1. The number of ether oxygens (including phenoxy) is 1. The third kappa shape index (κ3) is 14.6. The van der Waals surface area contributed by atoms with Crippen molar-refractivity contribution in [1.82, 2.24) is 20.5 Å². The molecule has 5 rings (SSSR count). The zero-order valence-electron chi connectivity index (χ0n) is 37.8. The number of nitrogens with zero attached hydrogens (tertiary/aromatic N) is 2. The number of nitrogens with two attached hydrogens (primary N) is 1. The molecule has 1 aromatic heterocycles. The van der Waals surface area contributed by atoms with Crippen LogP contribution in [-0.4, -0.2) is 75.9 Å². The summed E-state index contributed by atoms with van der Waals surface area (Å²) in [4.78, 5) is 71.2. The lowest BCUT2D eigenvalue weighted by molar-refractivity contribution is -0.143. The number of aromatic nitrogens is 1. The predicted molar refractivity (Wildman–Crippen MR) is 253 cm³/mol. The number of aryl methyl sites for hydroxylation is 1. The van der Waals surface area contributed by atoms with Gasteiger partial charge in [0.15, 0.2) is 0 Å². The van der Waals surface area contributed by atoms with E-state index in [2.05, 4.69) is 26.3 Å². The number of likely N-dealkylation sites (tertiary alicyclic amines) is 1. The SMILES string of the molecule is CC(=O)N[C@@H](C(=O)N1C[C@H](O)C[C@H]1C(=O)NCc1ccc(-c2scnc2C)cc1OCCCCCCCCCCCC(=O)Nc1ccc(C(=O)Nc2ccccc2N)cc1)C(C)(C)C. The molecule has 14 nitrogen and oxygen atoms in total. The summed E-state index contributed by atoms with van der Waals surface area (Å²) in [6, 6.07) is 18.1. The highest BCUT2D eigenvalue weighted by molar-refractivity contribution is 7.13. The Balaban J connectivity index is 0.998. The molecular formula is C49H65N7O7S. The van der Waals surface area contributed by atoms with Gasteiger partial charge >= 0.3 is 0 Å². The Bertz CT molecular complexity index is 2200. The van der Waals surface area contributed by atoms with Crippen LogP contribution in [0.3, 0.4) is 0 Å². The van der Waals surface area contributed by atoms with Gasteiger partial charge in [0.2, 0.25) is 23.6 Å². The van der Waals surface area contributed by atoms with Gasteiger partial charge in [0, 0.05) is 49.7 Å². The second kappa shape index (κ2) is 23.8. The van der Waals surface area contributed by atoms with Gasteiger partial charge in [-0.2, -0.15) is 0 Å². The normalized spacial score (nSPS) is 15.3. The number of amides is 5. The number of carbonyl (C=O) groups excluding carboxylic acids is 5. The number of nitrogen functional groups attached to an aromatic ring is 1. The maximum atomic E-state index is 13.7. The van der Waals surface area contributed by atoms with E-state index in [0.717, 1.165) is 79.5 Å². The van der Waals surface area contributed by atoms with Crippen LogP contribution < -0.4 is 31.7 Å². The topological polar surface area (TPSA) is 205 Å². The minimum Gasteiger partial charge on any atom is -0.493 e. The summed E-state index contributed by atoms with van der Waals surface area (Å²) in [6.45, 7) is 9.57. The van der Waals surface area contributed by atoms with Crippen molar-refractivity contribution in [2.24, 2.45) is 5.41 Å². The molecule has 4 aromatic rings. The highest BCUT2D eigenvalue weighted by atomic mass is 32.1. The highest BCUT2D eigenvalue weighted by Crippen LogP contribution is 2.33. The Morgan fingerprint density at radius 1 is 0.906 bits per heavy atom. The number of para-hydroxylation sites is 2. The lowest BCUT2D eigenvalue weighted by Gasteiger charge is -2.35. The number of hydrogen-bond acceptors (Lipinski definition) is 10. The molecule has 1 fully saturated rings. The second-order valence-electron chi connectivity index (χ2n) is 17.7. The van der Waals surface area contributed by atoms with Crippen molar-refractivity contribution >= 4 is 57.9 Å². The average Bonchev–Trinajstić information content (AvgIpc) is 3.87. The largest absolute Gasteiger partial charge is 0.493 e. The number of carbonyl (C=O) groups is 5. The lowest BCUT2D eigenvalue weighted by Crippen LogP contribution is -2.57. The molecule has 0 aliphatic carbocycles. The van der Waals surface area contributed by atoms with Crippen molar-refractivity contribution in [2.75, 3.05) is 29.5 Å². The Morgan fingerprint density at radius 2 is 1.58 bits per heavy atom.